The van der Waals surface area contributed by atoms with Crippen LogP contribution in [0.1, 0.15) is 99.8 Å². The Hall–Kier alpha value is -3.92. The van der Waals surface area contributed by atoms with E-state index in [2.05, 4.69) is 32.6 Å². The molecule has 2 amide bonds. The second-order valence-electron chi connectivity index (χ2n) is 19.9. The van der Waals surface area contributed by atoms with Crippen molar-refractivity contribution < 1.29 is 29.3 Å². The zero-order valence-corrected chi connectivity index (χ0v) is 37.8. The molecule has 4 saturated heterocycles. The summed E-state index contributed by atoms with van der Waals surface area (Å²) in [6.07, 6.45) is 16.2. The van der Waals surface area contributed by atoms with Crippen LogP contribution in [0, 0.1) is 47.3 Å². The fourth-order valence-corrected chi connectivity index (χ4v) is 12.1. The van der Waals surface area contributed by atoms with Gasteiger partial charge < -0.3 is 39.5 Å². The number of rotatable bonds is 14. The van der Waals surface area contributed by atoms with Gasteiger partial charge in [-0.05, 0) is 113 Å². The van der Waals surface area contributed by atoms with Gasteiger partial charge in [0.05, 0.1) is 24.2 Å². The van der Waals surface area contributed by atoms with E-state index in [1.165, 1.54) is 25.7 Å². The Bertz CT molecular complexity index is 2010. The number of aliphatic hydroxyl groups excluding tert-OH is 2. The van der Waals surface area contributed by atoms with Gasteiger partial charge in [-0.1, -0.05) is 24.3 Å². The van der Waals surface area contributed by atoms with Crippen molar-refractivity contribution in [3.8, 4) is 0 Å². The first-order chi connectivity index (χ1) is 31.2. The second-order valence-corrected chi connectivity index (χ2v) is 19.9. The topological polar surface area (TPSA) is 168 Å². The second kappa shape index (κ2) is 19.9. The Balaban J connectivity index is 0.000000162. The molecule has 6 fully saturated rings. The average molecular weight is 883 g/mol. The Morgan fingerprint density at radius 2 is 1.00 bits per heavy atom. The highest BCUT2D eigenvalue weighted by molar-refractivity contribution is 5.83. The minimum Gasteiger partial charge on any atom is -0.396 e. The summed E-state index contributed by atoms with van der Waals surface area (Å²) in [7, 11) is 0. The van der Waals surface area contributed by atoms with E-state index < -0.39 is 0 Å². The largest absolute Gasteiger partial charge is 0.396 e. The van der Waals surface area contributed by atoms with Gasteiger partial charge in [0.25, 0.3) is 11.1 Å². The van der Waals surface area contributed by atoms with Crippen LogP contribution in [0.25, 0.3) is 12.2 Å². The standard InChI is InChI=1S/2C25H35N3O4/c2*1-2-3-18-6-7-21-22-19(14-27(21)25(18)31)20(15-29)23(24(30)26-12-16-4-5-16)28(22)13-17-8-10-32-11-9-17/h2*2-3,6-7,16-17,19-20,22-23,29H,4-5,8-15H2,1H3,(H,26,30)/b3-2+;3-2-/t2*19-,20-,22+,23-/m00/s1. The number of aliphatic hydroxyl groups is 2. The number of ether oxygens (including phenoxy) is 2. The van der Waals surface area contributed by atoms with Gasteiger partial charge in [0.15, 0.2) is 0 Å². The van der Waals surface area contributed by atoms with Gasteiger partial charge in [-0.2, -0.15) is 0 Å². The van der Waals surface area contributed by atoms with Crippen LogP contribution in [-0.4, -0.2) is 119 Å². The zero-order chi connectivity index (χ0) is 44.5. The minimum absolute atomic E-state index is 0.0148. The van der Waals surface area contributed by atoms with Crippen molar-refractivity contribution in [1.82, 2.24) is 29.6 Å². The molecule has 14 nitrogen and oxygen atoms in total. The van der Waals surface area contributed by atoms with E-state index in [-0.39, 0.29) is 84.0 Å². The van der Waals surface area contributed by atoms with Crippen molar-refractivity contribution in [3.05, 3.63) is 79.6 Å². The molecule has 64 heavy (non-hydrogen) atoms. The lowest BCUT2D eigenvalue weighted by atomic mass is 9.88. The molecule has 14 heteroatoms. The first-order valence-corrected chi connectivity index (χ1v) is 24.4. The van der Waals surface area contributed by atoms with Crippen LogP contribution in [0.4, 0.5) is 0 Å². The van der Waals surface area contributed by atoms with Crippen LogP contribution < -0.4 is 21.8 Å². The molecule has 8 aliphatic rings. The molecule has 4 N–H and O–H groups in total. The summed E-state index contributed by atoms with van der Waals surface area (Å²) < 4.78 is 14.9. The molecule has 2 aromatic rings. The number of likely N-dealkylation sites (tertiary alicyclic amines) is 2. The molecule has 0 aromatic carbocycles. The first-order valence-electron chi connectivity index (χ1n) is 24.4. The van der Waals surface area contributed by atoms with Gasteiger partial charge in [-0.25, -0.2) is 0 Å². The van der Waals surface area contributed by atoms with Crippen molar-refractivity contribution in [2.75, 3.05) is 65.8 Å². The third-order valence-corrected chi connectivity index (χ3v) is 15.8. The molecule has 2 aromatic heterocycles. The average Bonchev–Trinajstić information content (AvgIpc) is 4.20. The Kier molecular flexibility index (Phi) is 14.1. The molecule has 0 bridgehead atoms. The molecule has 348 valence electrons. The van der Waals surface area contributed by atoms with Gasteiger partial charge in [0.2, 0.25) is 11.8 Å². The van der Waals surface area contributed by atoms with Crippen LogP contribution in [0.15, 0.2) is 46.0 Å². The van der Waals surface area contributed by atoms with Gasteiger partial charge >= 0.3 is 0 Å². The quantitative estimate of drug-likeness (QED) is 0.220. The first kappa shape index (κ1) is 45.2. The van der Waals surface area contributed by atoms with Crippen LogP contribution in [-0.2, 0) is 32.2 Å². The maximum Gasteiger partial charge on any atom is 0.258 e. The van der Waals surface area contributed by atoms with Gasteiger partial charge in [0.1, 0.15) is 0 Å². The van der Waals surface area contributed by atoms with Gasteiger partial charge in [0, 0.05) is 125 Å². The number of nitrogens with zero attached hydrogens (tertiary/aromatic N) is 4. The summed E-state index contributed by atoms with van der Waals surface area (Å²) in [4.78, 5) is 57.6. The van der Waals surface area contributed by atoms with Crippen LogP contribution in [0.3, 0.4) is 0 Å². The highest BCUT2D eigenvalue weighted by Gasteiger charge is 2.57. The highest BCUT2D eigenvalue weighted by atomic mass is 16.5. The van der Waals surface area contributed by atoms with E-state index in [4.69, 9.17) is 9.47 Å². The Labute approximate surface area is 377 Å². The van der Waals surface area contributed by atoms with Crippen molar-refractivity contribution >= 4 is 24.0 Å². The lowest BCUT2D eigenvalue weighted by Crippen LogP contribution is -2.50. The fourth-order valence-electron chi connectivity index (χ4n) is 12.1. The number of hydrogen-bond acceptors (Lipinski definition) is 10. The summed E-state index contributed by atoms with van der Waals surface area (Å²) in [5.41, 5.74) is 3.38. The summed E-state index contributed by atoms with van der Waals surface area (Å²) in [5, 5.41) is 27.2. The fraction of sp³-hybridized carbons (Fsp3) is 0.680. The number of aromatic nitrogens is 2. The number of allylic oxidation sites excluding steroid dienone is 2. The van der Waals surface area contributed by atoms with Crippen molar-refractivity contribution in [3.63, 3.8) is 0 Å². The maximum absolute atomic E-state index is 13.4. The number of nitrogens with one attached hydrogen (secondary N) is 2. The molecule has 0 unspecified atom stereocenters. The molecular weight excluding hydrogens is 813 g/mol. The Morgan fingerprint density at radius 3 is 1.34 bits per heavy atom. The minimum atomic E-state index is -0.351. The van der Waals surface area contributed by atoms with Crippen molar-refractivity contribution in [2.45, 2.75) is 102 Å². The molecule has 6 aliphatic heterocycles. The van der Waals surface area contributed by atoms with E-state index in [1.807, 2.05) is 59.4 Å². The number of amides is 2. The summed E-state index contributed by atoms with van der Waals surface area (Å²) in [6, 6.07) is 7.17. The summed E-state index contributed by atoms with van der Waals surface area (Å²) in [5.74, 6) is 1.99. The Morgan fingerprint density at radius 1 is 0.609 bits per heavy atom. The lowest BCUT2D eigenvalue weighted by Gasteiger charge is -2.35. The van der Waals surface area contributed by atoms with E-state index in [9.17, 15) is 29.4 Å². The molecule has 0 radical (unpaired) electrons. The van der Waals surface area contributed by atoms with Gasteiger partial charge in [-0.3, -0.25) is 29.0 Å². The molecule has 8 atom stereocenters. The zero-order valence-electron chi connectivity index (χ0n) is 37.8. The maximum atomic E-state index is 13.4. The predicted molar refractivity (Wildman–Crippen MR) is 244 cm³/mol. The number of hydrogen-bond donors (Lipinski definition) is 4. The normalized spacial score (nSPS) is 30.6. The SMILES string of the molecule is C/C=C/c1ccc2n(c1=O)C[C@H]1[C@H](CO)[C@@H](C(=O)NCC3CC3)N(CC3CCOCC3)[C@@H]21.C/C=C\c1ccc2n(c1=O)C[C@H]1[C@H](CO)[C@@H](C(=O)NCC3CC3)N(CC3CCOCC3)[C@@H]21. The summed E-state index contributed by atoms with van der Waals surface area (Å²) in [6.45, 7) is 11.0. The van der Waals surface area contributed by atoms with E-state index >= 15 is 0 Å². The molecule has 2 saturated carbocycles. The van der Waals surface area contributed by atoms with Crippen molar-refractivity contribution in [2.24, 2.45) is 47.3 Å². The number of carbonyl (C=O) groups excluding carboxylic acids is 2. The van der Waals surface area contributed by atoms with Crippen LogP contribution in [0.5, 0.6) is 0 Å². The highest BCUT2D eigenvalue weighted by Crippen LogP contribution is 2.51. The monoisotopic (exact) mass is 883 g/mol. The third kappa shape index (κ3) is 9.12. The van der Waals surface area contributed by atoms with Crippen LogP contribution in [0.2, 0.25) is 0 Å². The van der Waals surface area contributed by atoms with E-state index in [1.54, 1.807) is 0 Å². The number of pyridine rings is 2. The molecule has 0 spiro atoms. The number of carbonyl (C=O) groups is 2. The molecule has 10 rings (SSSR count). The lowest BCUT2D eigenvalue weighted by molar-refractivity contribution is -0.129. The summed E-state index contributed by atoms with van der Waals surface area (Å²) >= 11 is 0. The molecule has 2 aliphatic carbocycles. The molecular formula is C50H70N6O8. The van der Waals surface area contributed by atoms with E-state index in [0.29, 0.717) is 47.9 Å². The number of fused-ring (bicyclic) bond motifs is 6. The molecule has 8 heterocycles. The third-order valence-electron chi connectivity index (χ3n) is 15.8. The van der Waals surface area contributed by atoms with E-state index in [0.717, 1.165) is 89.7 Å². The smallest absolute Gasteiger partial charge is 0.258 e. The van der Waals surface area contributed by atoms with Crippen molar-refractivity contribution in [1.29, 1.82) is 0 Å². The van der Waals surface area contributed by atoms with Crippen LogP contribution >= 0.6 is 0 Å². The predicted octanol–water partition coefficient (Wildman–Crippen LogP) is 3.60. The van der Waals surface area contributed by atoms with Gasteiger partial charge in [-0.15, -0.1) is 0 Å².